The SMILES string of the molecule is Cc1ccc(C(c2ccc3ccccc3n2)N2CCCNCC2)cc1. The van der Waals surface area contributed by atoms with E-state index >= 15 is 0 Å². The van der Waals surface area contributed by atoms with E-state index in [2.05, 4.69) is 77.8 Å². The minimum atomic E-state index is 0.213. The van der Waals surface area contributed by atoms with Gasteiger partial charge in [0.15, 0.2) is 0 Å². The molecule has 0 saturated carbocycles. The molecule has 1 saturated heterocycles. The van der Waals surface area contributed by atoms with Gasteiger partial charge in [-0.2, -0.15) is 0 Å². The number of nitrogens with zero attached hydrogens (tertiary/aromatic N) is 2. The summed E-state index contributed by atoms with van der Waals surface area (Å²) in [6.45, 7) is 6.42. The Morgan fingerprint density at radius 3 is 2.64 bits per heavy atom. The molecule has 1 fully saturated rings. The van der Waals surface area contributed by atoms with Crippen molar-refractivity contribution in [1.29, 1.82) is 0 Å². The van der Waals surface area contributed by atoms with E-state index in [4.69, 9.17) is 4.98 Å². The summed E-state index contributed by atoms with van der Waals surface area (Å²) in [7, 11) is 0. The molecule has 1 aliphatic rings. The Labute approximate surface area is 149 Å². The van der Waals surface area contributed by atoms with E-state index in [-0.39, 0.29) is 6.04 Å². The fraction of sp³-hybridized carbons (Fsp3) is 0.318. The van der Waals surface area contributed by atoms with Crippen LogP contribution in [0.15, 0.2) is 60.7 Å². The molecule has 1 unspecified atom stereocenters. The quantitative estimate of drug-likeness (QED) is 0.788. The molecule has 0 aliphatic carbocycles. The molecule has 1 atom stereocenters. The number of hydrogen-bond donors (Lipinski definition) is 1. The Morgan fingerprint density at radius 1 is 0.920 bits per heavy atom. The topological polar surface area (TPSA) is 28.2 Å². The summed E-state index contributed by atoms with van der Waals surface area (Å²) in [6, 6.07) is 21.9. The molecule has 0 spiro atoms. The van der Waals surface area contributed by atoms with Crippen molar-refractivity contribution in [1.82, 2.24) is 15.2 Å². The van der Waals surface area contributed by atoms with Crippen molar-refractivity contribution in [3.63, 3.8) is 0 Å². The van der Waals surface area contributed by atoms with Crippen LogP contribution >= 0.6 is 0 Å². The summed E-state index contributed by atoms with van der Waals surface area (Å²) in [4.78, 5) is 7.59. The van der Waals surface area contributed by atoms with E-state index in [0.29, 0.717) is 0 Å². The van der Waals surface area contributed by atoms with E-state index in [0.717, 1.165) is 37.4 Å². The Hall–Kier alpha value is -2.23. The summed E-state index contributed by atoms with van der Waals surface area (Å²) in [5.41, 5.74) is 4.84. The zero-order valence-corrected chi connectivity index (χ0v) is 14.8. The van der Waals surface area contributed by atoms with Gasteiger partial charge in [0.2, 0.25) is 0 Å². The lowest BCUT2D eigenvalue weighted by atomic mass is 9.99. The van der Waals surface area contributed by atoms with E-state index < -0.39 is 0 Å². The molecular formula is C22H25N3. The standard InChI is InChI=1S/C22H25N3/c1-17-7-9-19(10-8-17)22(25-15-4-13-23-14-16-25)21-12-11-18-5-2-3-6-20(18)24-21/h2-3,5-12,22-23H,4,13-16H2,1H3. The van der Waals surface area contributed by atoms with E-state index in [1.54, 1.807) is 0 Å². The van der Waals surface area contributed by atoms with Gasteiger partial charge in [-0.1, -0.05) is 54.1 Å². The molecule has 0 bridgehead atoms. The molecule has 0 amide bonds. The van der Waals surface area contributed by atoms with Gasteiger partial charge in [0, 0.05) is 25.0 Å². The van der Waals surface area contributed by atoms with Gasteiger partial charge in [-0.25, -0.2) is 0 Å². The van der Waals surface area contributed by atoms with Gasteiger partial charge >= 0.3 is 0 Å². The van der Waals surface area contributed by atoms with Gasteiger partial charge < -0.3 is 5.32 Å². The van der Waals surface area contributed by atoms with Gasteiger partial charge in [-0.15, -0.1) is 0 Å². The number of pyridine rings is 1. The summed E-state index contributed by atoms with van der Waals surface area (Å²) < 4.78 is 0. The first-order valence-corrected chi connectivity index (χ1v) is 9.18. The molecule has 1 N–H and O–H groups in total. The number of hydrogen-bond acceptors (Lipinski definition) is 3. The minimum absolute atomic E-state index is 0.213. The van der Waals surface area contributed by atoms with Crippen LogP contribution in [0.2, 0.25) is 0 Å². The normalized spacial score (nSPS) is 17.3. The molecule has 128 valence electrons. The van der Waals surface area contributed by atoms with Crippen molar-refractivity contribution in [3.05, 3.63) is 77.5 Å². The number of aryl methyl sites for hydroxylation is 1. The molecule has 1 aliphatic heterocycles. The van der Waals surface area contributed by atoms with Crippen LogP contribution in [-0.4, -0.2) is 36.1 Å². The van der Waals surface area contributed by atoms with Crippen molar-refractivity contribution < 1.29 is 0 Å². The van der Waals surface area contributed by atoms with Gasteiger partial charge in [-0.05, 0) is 37.6 Å². The van der Waals surface area contributed by atoms with Crippen molar-refractivity contribution >= 4 is 10.9 Å². The summed E-state index contributed by atoms with van der Waals surface area (Å²) >= 11 is 0. The van der Waals surface area contributed by atoms with Crippen LogP contribution in [0.4, 0.5) is 0 Å². The van der Waals surface area contributed by atoms with E-state index in [1.165, 1.54) is 22.9 Å². The van der Waals surface area contributed by atoms with Crippen LogP contribution in [0, 0.1) is 6.92 Å². The highest BCUT2D eigenvalue weighted by Gasteiger charge is 2.24. The third kappa shape index (κ3) is 3.58. The average molecular weight is 331 g/mol. The fourth-order valence-corrected chi connectivity index (χ4v) is 3.68. The summed E-state index contributed by atoms with van der Waals surface area (Å²) in [6.07, 6.45) is 1.18. The minimum Gasteiger partial charge on any atom is -0.315 e. The molecule has 3 aromatic rings. The Balaban J connectivity index is 1.78. The second-order valence-corrected chi connectivity index (χ2v) is 6.88. The number of para-hydroxylation sites is 1. The first-order chi connectivity index (χ1) is 12.3. The van der Waals surface area contributed by atoms with Crippen LogP contribution in [-0.2, 0) is 0 Å². The third-order valence-corrected chi connectivity index (χ3v) is 5.03. The summed E-state index contributed by atoms with van der Waals surface area (Å²) in [5, 5.41) is 4.71. The van der Waals surface area contributed by atoms with Gasteiger partial charge in [0.05, 0.1) is 17.3 Å². The maximum Gasteiger partial charge on any atom is 0.0777 e. The first kappa shape index (κ1) is 16.2. The zero-order valence-electron chi connectivity index (χ0n) is 14.8. The molecule has 25 heavy (non-hydrogen) atoms. The molecule has 1 aromatic heterocycles. The molecule has 3 heteroatoms. The predicted molar refractivity (Wildman–Crippen MR) is 104 cm³/mol. The monoisotopic (exact) mass is 331 g/mol. The number of nitrogens with one attached hydrogen (secondary N) is 1. The lowest BCUT2D eigenvalue weighted by Gasteiger charge is -2.30. The predicted octanol–water partition coefficient (Wildman–Crippen LogP) is 3.93. The van der Waals surface area contributed by atoms with Crippen molar-refractivity contribution in [2.75, 3.05) is 26.2 Å². The largest absolute Gasteiger partial charge is 0.315 e. The highest BCUT2D eigenvalue weighted by molar-refractivity contribution is 5.78. The van der Waals surface area contributed by atoms with Gasteiger partial charge in [-0.3, -0.25) is 9.88 Å². The van der Waals surface area contributed by atoms with Gasteiger partial charge in [0.25, 0.3) is 0 Å². The Kier molecular flexibility index (Phi) is 4.77. The average Bonchev–Trinajstić information content (AvgIpc) is 2.93. The number of aromatic nitrogens is 1. The van der Waals surface area contributed by atoms with Gasteiger partial charge in [0.1, 0.15) is 0 Å². The van der Waals surface area contributed by atoms with Crippen molar-refractivity contribution in [3.8, 4) is 0 Å². The zero-order chi connectivity index (χ0) is 17.1. The van der Waals surface area contributed by atoms with E-state index in [1.807, 2.05) is 0 Å². The fourth-order valence-electron chi connectivity index (χ4n) is 3.68. The smallest absolute Gasteiger partial charge is 0.0777 e. The van der Waals surface area contributed by atoms with Crippen molar-refractivity contribution in [2.45, 2.75) is 19.4 Å². The van der Waals surface area contributed by atoms with E-state index in [9.17, 15) is 0 Å². The van der Waals surface area contributed by atoms with Crippen LogP contribution in [0.1, 0.15) is 29.3 Å². The maximum absolute atomic E-state index is 5.02. The first-order valence-electron chi connectivity index (χ1n) is 9.18. The Bertz CT molecular complexity index is 833. The second-order valence-electron chi connectivity index (χ2n) is 6.88. The molecule has 2 heterocycles. The number of rotatable bonds is 3. The van der Waals surface area contributed by atoms with Crippen LogP contribution in [0.3, 0.4) is 0 Å². The lowest BCUT2D eigenvalue weighted by Crippen LogP contribution is -2.33. The van der Waals surface area contributed by atoms with Crippen molar-refractivity contribution in [2.24, 2.45) is 0 Å². The summed E-state index contributed by atoms with van der Waals surface area (Å²) in [5.74, 6) is 0. The highest BCUT2D eigenvalue weighted by atomic mass is 15.2. The molecule has 3 nitrogen and oxygen atoms in total. The third-order valence-electron chi connectivity index (χ3n) is 5.03. The second kappa shape index (κ2) is 7.34. The van der Waals surface area contributed by atoms with Crippen LogP contribution in [0.5, 0.6) is 0 Å². The lowest BCUT2D eigenvalue weighted by molar-refractivity contribution is 0.237. The van der Waals surface area contributed by atoms with Crippen LogP contribution < -0.4 is 5.32 Å². The van der Waals surface area contributed by atoms with Crippen LogP contribution in [0.25, 0.3) is 10.9 Å². The molecular weight excluding hydrogens is 306 g/mol. The number of benzene rings is 2. The highest BCUT2D eigenvalue weighted by Crippen LogP contribution is 2.29. The molecule has 2 aromatic carbocycles. The Morgan fingerprint density at radius 2 is 1.76 bits per heavy atom. The molecule has 4 rings (SSSR count). The number of fused-ring (bicyclic) bond motifs is 1. The maximum atomic E-state index is 5.02. The molecule has 0 radical (unpaired) electrons.